The summed E-state index contributed by atoms with van der Waals surface area (Å²) in [6.45, 7) is 6.53. The van der Waals surface area contributed by atoms with Gasteiger partial charge in [-0.1, -0.05) is 320 Å². The Morgan fingerprint density at radius 3 is 0.824 bits per heavy atom. The Balaban J connectivity index is 3.91. The van der Waals surface area contributed by atoms with Crippen molar-refractivity contribution < 1.29 is 28.6 Å². The molecule has 0 bridgehead atoms. The monoisotopic (exact) mass is 1040 g/mol. The second-order valence-corrected chi connectivity index (χ2v) is 22.0. The number of allylic oxidation sites excluding steroid dienone is 8. The Morgan fingerprint density at radius 2 is 0.527 bits per heavy atom. The zero-order chi connectivity index (χ0) is 53.6. The van der Waals surface area contributed by atoms with Gasteiger partial charge in [-0.3, -0.25) is 14.4 Å². The van der Waals surface area contributed by atoms with E-state index in [9.17, 15) is 14.4 Å². The van der Waals surface area contributed by atoms with E-state index in [1.54, 1.807) is 0 Å². The summed E-state index contributed by atoms with van der Waals surface area (Å²) in [5.41, 5.74) is 0. The van der Waals surface area contributed by atoms with Crippen molar-refractivity contribution in [2.75, 3.05) is 13.2 Å². The molecule has 0 saturated heterocycles. The lowest BCUT2D eigenvalue weighted by molar-refractivity contribution is -0.167. The maximum atomic E-state index is 12.8. The summed E-state index contributed by atoms with van der Waals surface area (Å²) in [7, 11) is 0. The molecular weight excluding hydrogens is 913 g/mol. The van der Waals surface area contributed by atoms with Crippen LogP contribution in [-0.2, 0) is 28.6 Å². The van der Waals surface area contributed by atoms with Gasteiger partial charge in [0, 0.05) is 19.3 Å². The molecule has 0 fully saturated rings. The number of unbranched alkanes of at least 4 members (excludes halogenated alkanes) is 41. The molecule has 0 amide bonds. The van der Waals surface area contributed by atoms with E-state index < -0.39 is 6.10 Å². The van der Waals surface area contributed by atoms with Crippen LogP contribution in [0.1, 0.15) is 348 Å². The van der Waals surface area contributed by atoms with Gasteiger partial charge in [0.1, 0.15) is 13.2 Å². The van der Waals surface area contributed by atoms with Crippen molar-refractivity contribution in [3.63, 3.8) is 0 Å². The van der Waals surface area contributed by atoms with Gasteiger partial charge < -0.3 is 14.2 Å². The first-order chi connectivity index (χ1) is 36.5. The van der Waals surface area contributed by atoms with Crippen LogP contribution >= 0.6 is 0 Å². The van der Waals surface area contributed by atoms with Crippen molar-refractivity contribution >= 4 is 17.9 Å². The highest BCUT2D eigenvalue weighted by atomic mass is 16.6. The molecule has 0 aromatic rings. The van der Waals surface area contributed by atoms with Crippen LogP contribution in [0.4, 0.5) is 0 Å². The lowest BCUT2D eigenvalue weighted by Gasteiger charge is -2.18. The standard InChI is InChI=1S/C68H124O6/c1-4-7-10-13-16-18-20-22-24-25-26-27-28-29-30-31-32-33-34-35-36-37-38-39-40-41-42-43-44-46-47-49-52-55-58-61-67(70)73-64-65(63-72-66(69)60-57-54-51-15-12-9-6-3)74-68(71)62-59-56-53-50-48-45-23-21-19-17-14-11-8-5-2/h7,10,16,18,22,24,26-27,65H,4-6,8-9,11-15,17,19-21,23,25,28-64H2,1-3H3/b10-7-,18-16-,24-22-,27-26-. The van der Waals surface area contributed by atoms with E-state index in [0.29, 0.717) is 19.3 Å². The summed E-state index contributed by atoms with van der Waals surface area (Å²) in [5.74, 6) is -0.850. The van der Waals surface area contributed by atoms with Crippen molar-refractivity contribution in [2.24, 2.45) is 0 Å². The summed E-state index contributed by atoms with van der Waals surface area (Å²) in [6.07, 6.45) is 78.8. The number of ether oxygens (including phenoxy) is 3. The van der Waals surface area contributed by atoms with Crippen LogP contribution < -0.4 is 0 Å². The molecule has 0 rings (SSSR count). The van der Waals surface area contributed by atoms with E-state index in [2.05, 4.69) is 69.4 Å². The van der Waals surface area contributed by atoms with Gasteiger partial charge in [-0.25, -0.2) is 0 Å². The van der Waals surface area contributed by atoms with Crippen molar-refractivity contribution in [2.45, 2.75) is 354 Å². The Hall–Kier alpha value is -2.63. The third-order valence-electron chi connectivity index (χ3n) is 14.6. The quantitative estimate of drug-likeness (QED) is 0.0261. The number of carbonyl (C=O) groups excluding carboxylic acids is 3. The minimum atomic E-state index is -0.764. The summed E-state index contributed by atoms with van der Waals surface area (Å²) >= 11 is 0. The molecule has 432 valence electrons. The van der Waals surface area contributed by atoms with Crippen molar-refractivity contribution in [3.05, 3.63) is 48.6 Å². The van der Waals surface area contributed by atoms with Crippen LogP contribution in [0.5, 0.6) is 0 Å². The molecule has 6 nitrogen and oxygen atoms in total. The fourth-order valence-corrected chi connectivity index (χ4v) is 9.73. The fraction of sp³-hybridized carbons (Fsp3) is 0.838. The lowest BCUT2D eigenvalue weighted by Crippen LogP contribution is -2.30. The third kappa shape index (κ3) is 60.2. The zero-order valence-corrected chi connectivity index (χ0v) is 49.6. The Kier molecular flexibility index (Phi) is 60.7. The number of rotatable bonds is 60. The zero-order valence-electron chi connectivity index (χ0n) is 49.6. The van der Waals surface area contributed by atoms with Crippen molar-refractivity contribution in [1.29, 1.82) is 0 Å². The smallest absolute Gasteiger partial charge is 0.306 e. The first kappa shape index (κ1) is 71.4. The topological polar surface area (TPSA) is 78.9 Å². The predicted octanol–water partition coefficient (Wildman–Crippen LogP) is 22.2. The Labute approximate surface area is 460 Å². The molecule has 0 N–H and O–H groups in total. The van der Waals surface area contributed by atoms with Crippen LogP contribution in [0.15, 0.2) is 48.6 Å². The Bertz CT molecular complexity index is 1280. The molecule has 0 radical (unpaired) electrons. The van der Waals surface area contributed by atoms with E-state index in [1.807, 2.05) is 0 Å². The van der Waals surface area contributed by atoms with E-state index in [-0.39, 0.29) is 31.1 Å². The van der Waals surface area contributed by atoms with Crippen LogP contribution in [0.25, 0.3) is 0 Å². The summed E-state index contributed by atoms with van der Waals surface area (Å²) in [4.78, 5) is 38.0. The first-order valence-electron chi connectivity index (χ1n) is 32.6. The van der Waals surface area contributed by atoms with Gasteiger partial charge in [-0.15, -0.1) is 0 Å². The molecule has 0 spiro atoms. The molecule has 0 aliphatic carbocycles. The van der Waals surface area contributed by atoms with Crippen LogP contribution in [-0.4, -0.2) is 37.2 Å². The van der Waals surface area contributed by atoms with E-state index in [4.69, 9.17) is 14.2 Å². The highest BCUT2D eigenvalue weighted by Gasteiger charge is 2.19. The van der Waals surface area contributed by atoms with Gasteiger partial charge in [0.25, 0.3) is 0 Å². The minimum Gasteiger partial charge on any atom is -0.462 e. The van der Waals surface area contributed by atoms with Gasteiger partial charge in [-0.2, -0.15) is 0 Å². The average Bonchev–Trinajstić information content (AvgIpc) is 3.40. The maximum absolute atomic E-state index is 12.8. The molecule has 0 saturated carbocycles. The van der Waals surface area contributed by atoms with E-state index >= 15 is 0 Å². The molecule has 0 aliphatic rings. The highest BCUT2D eigenvalue weighted by Crippen LogP contribution is 2.18. The first-order valence-corrected chi connectivity index (χ1v) is 32.6. The van der Waals surface area contributed by atoms with Crippen molar-refractivity contribution in [3.8, 4) is 0 Å². The third-order valence-corrected chi connectivity index (χ3v) is 14.6. The number of hydrogen-bond donors (Lipinski definition) is 0. The fourth-order valence-electron chi connectivity index (χ4n) is 9.73. The Morgan fingerprint density at radius 1 is 0.284 bits per heavy atom. The number of hydrogen-bond acceptors (Lipinski definition) is 6. The molecule has 74 heavy (non-hydrogen) atoms. The van der Waals surface area contributed by atoms with Crippen molar-refractivity contribution in [1.82, 2.24) is 0 Å². The van der Waals surface area contributed by atoms with Gasteiger partial charge >= 0.3 is 17.9 Å². The molecule has 1 atom stereocenters. The van der Waals surface area contributed by atoms with Gasteiger partial charge in [0.15, 0.2) is 6.10 Å². The summed E-state index contributed by atoms with van der Waals surface area (Å²) in [6, 6.07) is 0. The lowest BCUT2D eigenvalue weighted by atomic mass is 10.0. The van der Waals surface area contributed by atoms with Crippen LogP contribution in [0.3, 0.4) is 0 Å². The number of esters is 3. The van der Waals surface area contributed by atoms with Crippen LogP contribution in [0.2, 0.25) is 0 Å². The largest absolute Gasteiger partial charge is 0.462 e. The summed E-state index contributed by atoms with van der Waals surface area (Å²) < 4.78 is 16.8. The van der Waals surface area contributed by atoms with E-state index in [0.717, 1.165) is 83.5 Å². The summed E-state index contributed by atoms with van der Waals surface area (Å²) in [5, 5.41) is 0. The molecular formula is C68H124O6. The molecule has 0 heterocycles. The molecule has 6 heteroatoms. The second kappa shape index (κ2) is 62.9. The average molecular weight is 1040 g/mol. The van der Waals surface area contributed by atoms with Crippen LogP contribution in [0, 0.1) is 0 Å². The molecule has 1 unspecified atom stereocenters. The molecule has 0 aromatic carbocycles. The number of carbonyl (C=O) groups is 3. The minimum absolute atomic E-state index is 0.0656. The second-order valence-electron chi connectivity index (χ2n) is 22.0. The van der Waals surface area contributed by atoms with Gasteiger partial charge in [0.05, 0.1) is 0 Å². The van der Waals surface area contributed by atoms with Gasteiger partial charge in [-0.05, 0) is 57.8 Å². The van der Waals surface area contributed by atoms with Gasteiger partial charge in [0.2, 0.25) is 0 Å². The molecule has 0 aliphatic heterocycles. The highest BCUT2D eigenvalue weighted by molar-refractivity contribution is 5.71. The predicted molar refractivity (Wildman–Crippen MR) is 321 cm³/mol. The molecule has 0 aromatic heterocycles. The van der Waals surface area contributed by atoms with E-state index in [1.165, 1.54) is 225 Å². The maximum Gasteiger partial charge on any atom is 0.306 e. The normalized spacial score (nSPS) is 12.3. The SMILES string of the molecule is CC/C=C\C/C=C\C/C=C\C/C=C\CCCCCCCCCCCCCCCCCCCCCCCCC(=O)OCC(COC(=O)CCCCCCCCC)OC(=O)CCCCCCCCCCCCCCCC.